The van der Waals surface area contributed by atoms with Gasteiger partial charge in [0.1, 0.15) is 11.4 Å². The average molecular weight is 411 g/mol. The maximum Gasteiger partial charge on any atom is 0.407 e. The molecule has 8 nitrogen and oxygen atoms in total. The van der Waals surface area contributed by atoms with Gasteiger partial charge in [-0.1, -0.05) is 12.1 Å². The lowest BCUT2D eigenvalue weighted by Gasteiger charge is -2.23. The number of amides is 3. The van der Waals surface area contributed by atoms with Crippen molar-refractivity contribution >= 4 is 29.3 Å². The highest BCUT2D eigenvalue weighted by Crippen LogP contribution is 2.32. The Labute approximate surface area is 174 Å². The van der Waals surface area contributed by atoms with Crippen LogP contribution < -0.4 is 20.7 Å². The summed E-state index contributed by atoms with van der Waals surface area (Å²) < 4.78 is 10.7. The first-order valence-electron chi connectivity index (χ1n) is 9.59. The van der Waals surface area contributed by atoms with Gasteiger partial charge in [0.05, 0.1) is 5.69 Å². The zero-order chi connectivity index (χ0) is 21.9. The van der Waals surface area contributed by atoms with Gasteiger partial charge in [0.2, 0.25) is 0 Å². The van der Waals surface area contributed by atoms with Crippen molar-refractivity contribution in [3.63, 3.8) is 0 Å². The van der Waals surface area contributed by atoms with Crippen LogP contribution in [0.4, 0.5) is 16.2 Å². The van der Waals surface area contributed by atoms with Crippen molar-refractivity contribution in [2.75, 3.05) is 10.6 Å². The van der Waals surface area contributed by atoms with Gasteiger partial charge in [-0.05, 0) is 63.6 Å². The smallest absolute Gasteiger partial charge is 0.407 e. The van der Waals surface area contributed by atoms with E-state index in [2.05, 4.69) is 16.0 Å². The number of rotatable bonds is 4. The SMILES string of the molecule is CC1Oc2ccc(NC(=O)c3ccc(CNC(=O)OC(C)(C)C)cc3)cc2NC1=O. The third-order valence-electron chi connectivity index (χ3n) is 4.22. The molecule has 1 unspecified atom stereocenters. The van der Waals surface area contributed by atoms with Crippen LogP contribution in [0.2, 0.25) is 0 Å². The van der Waals surface area contributed by atoms with E-state index in [1.165, 1.54) is 0 Å². The van der Waals surface area contributed by atoms with Crippen LogP contribution >= 0.6 is 0 Å². The Balaban J connectivity index is 1.58. The number of hydrogen-bond donors (Lipinski definition) is 3. The van der Waals surface area contributed by atoms with Crippen LogP contribution in [-0.2, 0) is 16.1 Å². The fraction of sp³-hybridized carbons (Fsp3) is 0.318. The normalized spacial score (nSPS) is 15.3. The molecule has 1 aliphatic heterocycles. The third kappa shape index (κ3) is 5.50. The molecule has 2 aromatic carbocycles. The van der Waals surface area contributed by atoms with E-state index in [9.17, 15) is 14.4 Å². The highest BCUT2D eigenvalue weighted by atomic mass is 16.6. The number of nitrogens with one attached hydrogen (secondary N) is 3. The summed E-state index contributed by atoms with van der Waals surface area (Å²) in [5.41, 5.74) is 1.78. The molecule has 0 saturated heterocycles. The molecule has 0 spiro atoms. The summed E-state index contributed by atoms with van der Waals surface area (Å²) in [4.78, 5) is 36.0. The Morgan fingerprint density at radius 1 is 1.13 bits per heavy atom. The Hall–Kier alpha value is -3.55. The minimum Gasteiger partial charge on any atom is -0.479 e. The van der Waals surface area contributed by atoms with Crippen molar-refractivity contribution in [3.8, 4) is 5.75 Å². The van der Waals surface area contributed by atoms with E-state index in [1.54, 1.807) is 70.2 Å². The standard InChI is InChI=1S/C22H25N3O5/c1-13-19(26)25-17-11-16(9-10-18(17)29-13)24-20(27)15-7-5-14(6-8-15)12-23-21(28)30-22(2,3)4/h5-11,13H,12H2,1-4H3,(H,23,28)(H,24,27)(H,25,26). The van der Waals surface area contributed by atoms with Gasteiger partial charge in [-0.25, -0.2) is 4.79 Å². The fourth-order valence-electron chi connectivity index (χ4n) is 2.75. The van der Waals surface area contributed by atoms with Gasteiger partial charge >= 0.3 is 6.09 Å². The zero-order valence-corrected chi connectivity index (χ0v) is 17.4. The zero-order valence-electron chi connectivity index (χ0n) is 17.4. The van der Waals surface area contributed by atoms with E-state index in [0.29, 0.717) is 29.2 Å². The largest absolute Gasteiger partial charge is 0.479 e. The third-order valence-corrected chi connectivity index (χ3v) is 4.22. The maximum atomic E-state index is 12.5. The minimum absolute atomic E-state index is 0.235. The Kier molecular flexibility index (Phi) is 5.96. The molecule has 8 heteroatoms. The van der Waals surface area contributed by atoms with Crippen molar-refractivity contribution in [1.82, 2.24) is 5.32 Å². The summed E-state index contributed by atoms with van der Waals surface area (Å²) in [6, 6.07) is 11.9. The molecule has 2 aromatic rings. The Bertz CT molecular complexity index is 964. The number of carbonyl (C=O) groups excluding carboxylic acids is 3. The highest BCUT2D eigenvalue weighted by Gasteiger charge is 2.23. The van der Waals surface area contributed by atoms with E-state index in [0.717, 1.165) is 5.56 Å². The highest BCUT2D eigenvalue weighted by molar-refractivity contribution is 6.05. The molecule has 3 N–H and O–H groups in total. The number of ether oxygens (including phenoxy) is 2. The summed E-state index contributed by atoms with van der Waals surface area (Å²) >= 11 is 0. The van der Waals surface area contributed by atoms with Gasteiger partial charge in [-0.2, -0.15) is 0 Å². The predicted molar refractivity (Wildman–Crippen MR) is 113 cm³/mol. The summed E-state index contributed by atoms with van der Waals surface area (Å²) in [7, 11) is 0. The van der Waals surface area contributed by atoms with E-state index < -0.39 is 17.8 Å². The summed E-state index contributed by atoms with van der Waals surface area (Å²) in [5.74, 6) is 0.0292. The molecule has 0 bridgehead atoms. The lowest BCUT2D eigenvalue weighted by atomic mass is 10.1. The second-order valence-electron chi connectivity index (χ2n) is 7.97. The van der Waals surface area contributed by atoms with Gasteiger partial charge in [-0.3, -0.25) is 9.59 Å². The molecule has 30 heavy (non-hydrogen) atoms. The molecule has 0 aromatic heterocycles. The fourth-order valence-corrected chi connectivity index (χ4v) is 2.75. The quantitative estimate of drug-likeness (QED) is 0.712. The van der Waals surface area contributed by atoms with Crippen LogP contribution in [0.5, 0.6) is 5.75 Å². The van der Waals surface area contributed by atoms with Crippen LogP contribution in [0.25, 0.3) is 0 Å². The first kappa shape index (κ1) is 21.2. The number of carbonyl (C=O) groups is 3. The van der Waals surface area contributed by atoms with E-state index in [4.69, 9.17) is 9.47 Å². The van der Waals surface area contributed by atoms with Crippen LogP contribution in [0.1, 0.15) is 43.6 Å². The van der Waals surface area contributed by atoms with Crippen molar-refractivity contribution in [3.05, 3.63) is 53.6 Å². The van der Waals surface area contributed by atoms with E-state index >= 15 is 0 Å². The molecule has 3 rings (SSSR count). The number of anilines is 2. The number of alkyl carbamates (subject to hydrolysis) is 1. The van der Waals surface area contributed by atoms with Gasteiger partial charge in [-0.15, -0.1) is 0 Å². The molecule has 0 fully saturated rings. The molecule has 0 aliphatic carbocycles. The molecule has 1 heterocycles. The lowest BCUT2D eigenvalue weighted by Crippen LogP contribution is -2.34. The van der Waals surface area contributed by atoms with E-state index in [1.807, 2.05) is 0 Å². The lowest BCUT2D eigenvalue weighted by molar-refractivity contribution is -0.122. The van der Waals surface area contributed by atoms with Gasteiger partial charge < -0.3 is 25.4 Å². The average Bonchev–Trinajstić information content (AvgIpc) is 2.66. The van der Waals surface area contributed by atoms with Crippen LogP contribution in [-0.4, -0.2) is 29.6 Å². The van der Waals surface area contributed by atoms with Gasteiger partial charge in [0.25, 0.3) is 11.8 Å². The number of hydrogen-bond acceptors (Lipinski definition) is 5. The Morgan fingerprint density at radius 2 is 1.83 bits per heavy atom. The van der Waals surface area contributed by atoms with Crippen molar-refractivity contribution in [1.29, 1.82) is 0 Å². The van der Waals surface area contributed by atoms with Gasteiger partial charge in [0, 0.05) is 17.8 Å². The van der Waals surface area contributed by atoms with Crippen LogP contribution in [0.3, 0.4) is 0 Å². The molecule has 3 amide bonds. The topological polar surface area (TPSA) is 106 Å². The molecule has 0 saturated carbocycles. The first-order chi connectivity index (χ1) is 14.1. The summed E-state index contributed by atoms with van der Waals surface area (Å²) in [5, 5.41) is 8.21. The number of fused-ring (bicyclic) bond motifs is 1. The number of benzene rings is 2. The van der Waals surface area contributed by atoms with Crippen molar-refractivity contribution in [2.24, 2.45) is 0 Å². The Morgan fingerprint density at radius 3 is 2.50 bits per heavy atom. The van der Waals surface area contributed by atoms with Gasteiger partial charge in [0.15, 0.2) is 6.10 Å². The summed E-state index contributed by atoms with van der Waals surface area (Å²) in [6.07, 6.45) is -1.05. The first-order valence-corrected chi connectivity index (χ1v) is 9.59. The summed E-state index contributed by atoms with van der Waals surface area (Å²) in [6.45, 7) is 7.35. The van der Waals surface area contributed by atoms with Crippen LogP contribution in [0, 0.1) is 0 Å². The predicted octanol–water partition coefficient (Wildman–Crippen LogP) is 3.68. The molecule has 1 aliphatic rings. The maximum absolute atomic E-state index is 12.5. The molecular weight excluding hydrogens is 386 g/mol. The van der Waals surface area contributed by atoms with Crippen LogP contribution in [0.15, 0.2) is 42.5 Å². The molecular formula is C22H25N3O5. The monoisotopic (exact) mass is 411 g/mol. The molecule has 158 valence electrons. The second kappa shape index (κ2) is 8.44. The van der Waals surface area contributed by atoms with Crippen molar-refractivity contribution < 1.29 is 23.9 Å². The second-order valence-corrected chi connectivity index (χ2v) is 7.97. The molecule has 1 atom stereocenters. The van der Waals surface area contributed by atoms with E-state index in [-0.39, 0.29) is 11.8 Å². The van der Waals surface area contributed by atoms with Crippen molar-refractivity contribution in [2.45, 2.75) is 45.9 Å². The minimum atomic E-state index is -0.560. The molecule has 0 radical (unpaired) electrons.